The molecule has 1 aromatic carbocycles. The van der Waals surface area contributed by atoms with Crippen molar-refractivity contribution < 1.29 is 4.79 Å². The average Bonchev–Trinajstić information content (AvgIpc) is 2.51. The van der Waals surface area contributed by atoms with Crippen LogP contribution in [-0.4, -0.2) is 22.4 Å². The van der Waals surface area contributed by atoms with E-state index in [0.717, 1.165) is 13.0 Å². The van der Waals surface area contributed by atoms with Crippen LogP contribution in [-0.2, 0) is 0 Å². The van der Waals surface area contributed by atoms with Crippen molar-refractivity contribution in [2.75, 3.05) is 17.2 Å². The van der Waals surface area contributed by atoms with Crippen molar-refractivity contribution in [2.24, 2.45) is 5.92 Å². The molecule has 5 nitrogen and oxygen atoms in total. The standard InChI is InChI=1S/C16H18Cl2N4O/c1-10(2)6-7-19-16-20-8-11(9-21-16)15(23)22-14-12(17)4-3-5-13(14)18/h3-5,8-10H,6-7H2,1-2H3,(H,22,23)(H,19,20,21). The van der Waals surface area contributed by atoms with E-state index in [1.165, 1.54) is 12.4 Å². The molecular weight excluding hydrogens is 335 g/mol. The minimum Gasteiger partial charge on any atom is -0.354 e. The Morgan fingerprint density at radius 3 is 2.35 bits per heavy atom. The highest BCUT2D eigenvalue weighted by Crippen LogP contribution is 2.30. The molecule has 1 aromatic heterocycles. The van der Waals surface area contributed by atoms with Crippen molar-refractivity contribution in [3.63, 3.8) is 0 Å². The van der Waals surface area contributed by atoms with Gasteiger partial charge in [-0.05, 0) is 24.5 Å². The first-order chi connectivity index (χ1) is 11.0. The van der Waals surface area contributed by atoms with E-state index in [-0.39, 0.29) is 5.91 Å². The lowest BCUT2D eigenvalue weighted by atomic mass is 10.1. The van der Waals surface area contributed by atoms with Crippen LogP contribution in [0.2, 0.25) is 10.0 Å². The molecule has 0 bridgehead atoms. The smallest absolute Gasteiger partial charge is 0.258 e. The number of carbonyl (C=O) groups excluding carboxylic acids is 1. The van der Waals surface area contributed by atoms with Gasteiger partial charge in [-0.1, -0.05) is 43.1 Å². The predicted octanol–water partition coefficient (Wildman–Crippen LogP) is 4.49. The predicted molar refractivity (Wildman–Crippen MR) is 94.4 cm³/mol. The second-order valence-corrected chi connectivity index (χ2v) is 6.27. The lowest BCUT2D eigenvalue weighted by molar-refractivity contribution is 0.102. The largest absolute Gasteiger partial charge is 0.354 e. The first-order valence-electron chi connectivity index (χ1n) is 7.28. The summed E-state index contributed by atoms with van der Waals surface area (Å²) in [5, 5.41) is 6.53. The molecule has 0 aliphatic heterocycles. The van der Waals surface area contributed by atoms with Crippen LogP contribution in [0.3, 0.4) is 0 Å². The maximum atomic E-state index is 12.2. The van der Waals surface area contributed by atoms with E-state index in [4.69, 9.17) is 23.2 Å². The van der Waals surface area contributed by atoms with Gasteiger partial charge in [-0.3, -0.25) is 4.79 Å². The molecule has 23 heavy (non-hydrogen) atoms. The Bertz CT molecular complexity index is 654. The number of hydrogen-bond donors (Lipinski definition) is 2. The first kappa shape index (κ1) is 17.5. The third-order valence-corrected chi connectivity index (χ3v) is 3.75. The van der Waals surface area contributed by atoms with Gasteiger partial charge in [0, 0.05) is 18.9 Å². The van der Waals surface area contributed by atoms with E-state index in [1.54, 1.807) is 18.2 Å². The molecule has 7 heteroatoms. The van der Waals surface area contributed by atoms with Gasteiger partial charge in [-0.15, -0.1) is 0 Å². The second kappa shape index (κ2) is 8.13. The van der Waals surface area contributed by atoms with Crippen molar-refractivity contribution in [2.45, 2.75) is 20.3 Å². The van der Waals surface area contributed by atoms with E-state index in [0.29, 0.717) is 33.2 Å². The molecule has 0 fully saturated rings. The number of para-hydroxylation sites is 1. The first-order valence-corrected chi connectivity index (χ1v) is 8.04. The third kappa shape index (κ3) is 5.08. The van der Waals surface area contributed by atoms with E-state index >= 15 is 0 Å². The van der Waals surface area contributed by atoms with Crippen LogP contribution < -0.4 is 10.6 Å². The van der Waals surface area contributed by atoms with Crippen LogP contribution in [0.15, 0.2) is 30.6 Å². The monoisotopic (exact) mass is 352 g/mol. The van der Waals surface area contributed by atoms with Gasteiger partial charge in [0.15, 0.2) is 0 Å². The van der Waals surface area contributed by atoms with Gasteiger partial charge in [0.1, 0.15) is 0 Å². The summed E-state index contributed by atoms with van der Waals surface area (Å²) < 4.78 is 0. The van der Waals surface area contributed by atoms with Crippen LogP contribution in [0.4, 0.5) is 11.6 Å². The summed E-state index contributed by atoms with van der Waals surface area (Å²) in [6.07, 6.45) is 3.95. The van der Waals surface area contributed by atoms with Crippen LogP contribution in [0, 0.1) is 5.92 Å². The lowest BCUT2D eigenvalue weighted by Crippen LogP contribution is -2.14. The Morgan fingerprint density at radius 2 is 1.78 bits per heavy atom. The fraction of sp³-hybridized carbons (Fsp3) is 0.312. The maximum absolute atomic E-state index is 12.2. The number of amides is 1. The number of carbonyl (C=O) groups is 1. The summed E-state index contributed by atoms with van der Waals surface area (Å²) in [6.45, 7) is 5.09. The van der Waals surface area contributed by atoms with Crippen molar-refractivity contribution in [3.8, 4) is 0 Å². The summed E-state index contributed by atoms with van der Waals surface area (Å²) in [6, 6.07) is 5.02. The number of nitrogens with zero attached hydrogens (tertiary/aromatic N) is 2. The molecule has 0 saturated heterocycles. The van der Waals surface area contributed by atoms with E-state index in [2.05, 4.69) is 34.4 Å². The van der Waals surface area contributed by atoms with E-state index in [1.807, 2.05) is 0 Å². The van der Waals surface area contributed by atoms with Crippen LogP contribution in [0.1, 0.15) is 30.6 Å². The van der Waals surface area contributed by atoms with Crippen molar-refractivity contribution in [1.82, 2.24) is 9.97 Å². The van der Waals surface area contributed by atoms with Gasteiger partial charge >= 0.3 is 0 Å². The zero-order valence-corrected chi connectivity index (χ0v) is 14.4. The summed E-state index contributed by atoms with van der Waals surface area (Å²) >= 11 is 12.1. The van der Waals surface area contributed by atoms with Crippen molar-refractivity contribution >= 4 is 40.7 Å². The molecule has 2 aromatic rings. The molecule has 0 aliphatic carbocycles. The molecule has 0 saturated carbocycles. The average molecular weight is 353 g/mol. The molecule has 2 N–H and O–H groups in total. The number of anilines is 2. The summed E-state index contributed by atoms with van der Waals surface area (Å²) in [5.41, 5.74) is 0.704. The van der Waals surface area contributed by atoms with Crippen LogP contribution >= 0.6 is 23.2 Å². The van der Waals surface area contributed by atoms with Gasteiger partial charge in [0.25, 0.3) is 5.91 Å². The Kier molecular flexibility index (Phi) is 6.19. The minimum atomic E-state index is -0.367. The fourth-order valence-corrected chi connectivity index (χ4v) is 2.30. The Balaban J connectivity index is 2.00. The highest BCUT2D eigenvalue weighted by atomic mass is 35.5. The van der Waals surface area contributed by atoms with Crippen molar-refractivity contribution in [3.05, 3.63) is 46.2 Å². The number of benzene rings is 1. The number of hydrogen-bond acceptors (Lipinski definition) is 4. The summed E-state index contributed by atoms with van der Waals surface area (Å²) in [7, 11) is 0. The van der Waals surface area contributed by atoms with Gasteiger partial charge in [-0.25, -0.2) is 9.97 Å². The van der Waals surface area contributed by atoms with Gasteiger partial charge < -0.3 is 10.6 Å². The molecule has 0 aliphatic rings. The Labute approximate surface area is 145 Å². The molecule has 0 atom stereocenters. The van der Waals surface area contributed by atoms with Crippen LogP contribution in [0.5, 0.6) is 0 Å². The normalized spacial score (nSPS) is 10.7. The molecule has 0 unspecified atom stereocenters. The quantitative estimate of drug-likeness (QED) is 0.803. The molecular formula is C16H18Cl2N4O. The third-order valence-electron chi connectivity index (χ3n) is 3.12. The summed E-state index contributed by atoms with van der Waals surface area (Å²) in [5.74, 6) is 0.736. The molecule has 1 amide bonds. The number of halogens is 2. The molecule has 1 heterocycles. The lowest BCUT2D eigenvalue weighted by Gasteiger charge is -2.09. The van der Waals surface area contributed by atoms with E-state index < -0.39 is 0 Å². The van der Waals surface area contributed by atoms with Crippen LogP contribution in [0.25, 0.3) is 0 Å². The number of rotatable bonds is 6. The molecule has 122 valence electrons. The van der Waals surface area contributed by atoms with Crippen molar-refractivity contribution in [1.29, 1.82) is 0 Å². The Hall–Kier alpha value is -1.85. The highest BCUT2D eigenvalue weighted by Gasteiger charge is 2.12. The topological polar surface area (TPSA) is 66.9 Å². The minimum absolute atomic E-state index is 0.329. The zero-order chi connectivity index (χ0) is 16.8. The van der Waals surface area contributed by atoms with Gasteiger partial charge in [0.05, 0.1) is 21.3 Å². The number of aromatic nitrogens is 2. The van der Waals surface area contributed by atoms with E-state index in [9.17, 15) is 4.79 Å². The van der Waals surface area contributed by atoms with Gasteiger partial charge in [-0.2, -0.15) is 0 Å². The molecule has 0 radical (unpaired) electrons. The second-order valence-electron chi connectivity index (χ2n) is 5.46. The SMILES string of the molecule is CC(C)CCNc1ncc(C(=O)Nc2c(Cl)cccc2Cl)cn1. The zero-order valence-electron chi connectivity index (χ0n) is 12.9. The fourth-order valence-electron chi connectivity index (χ4n) is 1.81. The number of nitrogens with one attached hydrogen (secondary N) is 2. The molecule has 2 rings (SSSR count). The maximum Gasteiger partial charge on any atom is 0.258 e. The summed E-state index contributed by atoms with van der Waals surface area (Å²) in [4.78, 5) is 20.5. The molecule has 0 spiro atoms. The van der Waals surface area contributed by atoms with Gasteiger partial charge in [0.2, 0.25) is 5.95 Å². The Morgan fingerprint density at radius 1 is 1.17 bits per heavy atom. The highest BCUT2D eigenvalue weighted by molar-refractivity contribution is 6.40.